The largest absolute Gasteiger partial charge is 0.393 e. The Morgan fingerprint density at radius 2 is 2.00 bits per heavy atom. The summed E-state index contributed by atoms with van der Waals surface area (Å²) in [6.45, 7) is 0. The van der Waals surface area contributed by atoms with Gasteiger partial charge in [-0.1, -0.05) is 42.5 Å². The highest BCUT2D eigenvalue weighted by molar-refractivity contribution is 7.80. The highest BCUT2D eigenvalue weighted by Gasteiger charge is 2.22. The molecule has 0 spiro atoms. The van der Waals surface area contributed by atoms with E-state index in [1.54, 1.807) is 0 Å². The van der Waals surface area contributed by atoms with Gasteiger partial charge in [0, 0.05) is 0 Å². The highest BCUT2D eigenvalue weighted by atomic mass is 32.1. The van der Waals surface area contributed by atoms with Crippen LogP contribution in [0.15, 0.2) is 48.7 Å². The number of carbonyl (C=O) groups excluding carboxylic acids is 1. The van der Waals surface area contributed by atoms with Crippen LogP contribution in [-0.2, 0) is 11.2 Å². The van der Waals surface area contributed by atoms with Gasteiger partial charge in [0.1, 0.15) is 11.6 Å². The number of nitrogens with zero attached hydrogens (tertiary/aromatic N) is 1. The number of hydrogen-bond acceptors (Lipinski definition) is 3. The molecule has 0 bridgehead atoms. The summed E-state index contributed by atoms with van der Waals surface area (Å²) in [6.07, 6.45) is 1.44. The normalized spacial score (nSPS) is 11.7. The van der Waals surface area contributed by atoms with E-state index in [-0.39, 0.29) is 16.7 Å². The summed E-state index contributed by atoms with van der Waals surface area (Å²) >= 11 is 4.97. The van der Waals surface area contributed by atoms with Crippen molar-refractivity contribution in [2.24, 2.45) is 11.7 Å². The van der Waals surface area contributed by atoms with E-state index in [1.807, 2.05) is 30.3 Å². The van der Waals surface area contributed by atoms with Gasteiger partial charge >= 0.3 is 0 Å². The first kappa shape index (κ1) is 15.1. The Labute approximate surface area is 127 Å². The second kappa shape index (κ2) is 6.90. The maximum atomic E-state index is 12.8. The number of rotatable bonds is 5. The van der Waals surface area contributed by atoms with Crippen molar-refractivity contribution < 1.29 is 9.18 Å². The Morgan fingerprint density at radius 1 is 1.29 bits per heavy atom. The van der Waals surface area contributed by atoms with Crippen molar-refractivity contribution in [3.05, 3.63) is 60.0 Å². The van der Waals surface area contributed by atoms with Gasteiger partial charge in [0.05, 0.1) is 17.1 Å². The number of pyridine rings is 1. The van der Waals surface area contributed by atoms with Gasteiger partial charge < -0.3 is 11.1 Å². The lowest BCUT2D eigenvalue weighted by Gasteiger charge is -2.15. The predicted molar refractivity (Wildman–Crippen MR) is 83.2 cm³/mol. The van der Waals surface area contributed by atoms with Gasteiger partial charge in [0.15, 0.2) is 0 Å². The molecule has 2 aromatic rings. The second-order valence-corrected chi connectivity index (χ2v) is 4.97. The SMILES string of the molecule is NC(=S)C(Cc1ccccc1)C(=O)Nc1ccc(F)cn1. The maximum Gasteiger partial charge on any atom is 0.235 e. The lowest BCUT2D eigenvalue weighted by molar-refractivity contribution is -0.118. The van der Waals surface area contributed by atoms with Crippen LogP contribution in [0.3, 0.4) is 0 Å². The summed E-state index contributed by atoms with van der Waals surface area (Å²) in [5.74, 6) is -1.21. The number of carbonyl (C=O) groups is 1. The van der Waals surface area contributed by atoms with Crippen LogP contribution in [0.25, 0.3) is 0 Å². The Kier molecular flexibility index (Phi) is 4.94. The number of halogens is 1. The average Bonchev–Trinajstić information content (AvgIpc) is 2.48. The Hall–Kier alpha value is -2.34. The Balaban J connectivity index is 2.09. The summed E-state index contributed by atoms with van der Waals surface area (Å²) in [5.41, 5.74) is 6.61. The van der Waals surface area contributed by atoms with E-state index in [0.29, 0.717) is 6.42 Å². The van der Waals surface area contributed by atoms with Crippen LogP contribution >= 0.6 is 12.2 Å². The highest BCUT2D eigenvalue weighted by Crippen LogP contribution is 2.12. The molecule has 1 atom stereocenters. The van der Waals surface area contributed by atoms with E-state index in [2.05, 4.69) is 10.3 Å². The van der Waals surface area contributed by atoms with Crippen LogP contribution in [-0.4, -0.2) is 15.9 Å². The van der Waals surface area contributed by atoms with Gasteiger partial charge in [-0.2, -0.15) is 0 Å². The van der Waals surface area contributed by atoms with E-state index >= 15 is 0 Å². The van der Waals surface area contributed by atoms with Crippen molar-refractivity contribution in [2.45, 2.75) is 6.42 Å². The van der Waals surface area contributed by atoms with E-state index in [4.69, 9.17) is 18.0 Å². The minimum Gasteiger partial charge on any atom is -0.393 e. The molecule has 4 nitrogen and oxygen atoms in total. The van der Waals surface area contributed by atoms with Crippen molar-refractivity contribution in [1.82, 2.24) is 4.98 Å². The number of hydrogen-bond donors (Lipinski definition) is 2. The lowest BCUT2D eigenvalue weighted by Crippen LogP contribution is -2.35. The summed E-state index contributed by atoms with van der Waals surface area (Å²) in [5, 5.41) is 2.59. The lowest BCUT2D eigenvalue weighted by atomic mass is 9.98. The maximum absolute atomic E-state index is 12.8. The molecule has 21 heavy (non-hydrogen) atoms. The fraction of sp³-hybridized carbons (Fsp3) is 0.133. The molecule has 1 aromatic carbocycles. The molecule has 0 radical (unpaired) electrons. The molecule has 0 aliphatic heterocycles. The molecule has 1 amide bonds. The molecular formula is C15H14FN3OS. The second-order valence-electron chi connectivity index (χ2n) is 4.50. The van der Waals surface area contributed by atoms with Crippen LogP contribution in [0.4, 0.5) is 10.2 Å². The number of aromatic nitrogens is 1. The Morgan fingerprint density at radius 3 is 2.57 bits per heavy atom. The summed E-state index contributed by atoms with van der Waals surface area (Å²) in [7, 11) is 0. The van der Waals surface area contributed by atoms with Gasteiger partial charge in [-0.15, -0.1) is 0 Å². The number of nitrogens with two attached hydrogens (primary N) is 1. The molecule has 0 aliphatic rings. The molecule has 0 saturated carbocycles. The van der Waals surface area contributed by atoms with Crippen molar-refractivity contribution in [2.75, 3.05) is 5.32 Å². The van der Waals surface area contributed by atoms with Crippen LogP contribution in [0.2, 0.25) is 0 Å². The zero-order valence-electron chi connectivity index (χ0n) is 11.1. The minimum atomic E-state index is -0.644. The zero-order chi connectivity index (χ0) is 15.2. The number of benzene rings is 1. The third-order valence-electron chi connectivity index (χ3n) is 2.92. The van der Waals surface area contributed by atoms with Gasteiger partial charge in [-0.3, -0.25) is 4.79 Å². The molecular weight excluding hydrogens is 289 g/mol. The standard InChI is InChI=1S/C15H14FN3OS/c16-11-6-7-13(18-9-11)19-15(20)12(14(17)21)8-10-4-2-1-3-5-10/h1-7,9,12H,8H2,(H2,17,21)(H,18,19,20). The monoisotopic (exact) mass is 303 g/mol. The minimum absolute atomic E-state index is 0.110. The van der Waals surface area contributed by atoms with E-state index in [1.165, 1.54) is 12.1 Å². The molecule has 108 valence electrons. The van der Waals surface area contributed by atoms with Gasteiger partial charge in [-0.05, 0) is 24.1 Å². The fourth-order valence-electron chi connectivity index (χ4n) is 1.84. The van der Waals surface area contributed by atoms with E-state index < -0.39 is 11.7 Å². The molecule has 6 heteroatoms. The summed E-state index contributed by atoms with van der Waals surface area (Å²) in [4.78, 5) is 16.1. The molecule has 0 fully saturated rings. The molecule has 0 aliphatic carbocycles. The fourth-order valence-corrected chi connectivity index (χ4v) is 2.03. The van der Waals surface area contributed by atoms with Crippen LogP contribution in [0, 0.1) is 11.7 Å². The van der Waals surface area contributed by atoms with Crippen molar-refractivity contribution in [3.63, 3.8) is 0 Å². The quantitative estimate of drug-likeness (QED) is 0.832. The third kappa shape index (κ3) is 4.32. The zero-order valence-corrected chi connectivity index (χ0v) is 11.9. The van der Waals surface area contributed by atoms with Crippen LogP contribution in [0.5, 0.6) is 0 Å². The van der Waals surface area contributed by atoms with Gasteiger partial charge in [-0.25, -0.2) is 9.37 Å². The average molecular weight is 303 g/mol. The van der Waals surface area contributed by atoms with Gasteiger partial charge in [0.2, 0.25) is 5.91 Å². The summed E-state index contributed by atoms with van der Waals surface area (Å²) in [6, 6.07) is 12.0. The summed E-state index contributed by atoms with van der Waals surface area (Å²) < 4.78 is 12.8. The molecule has 1 heterocycles. The first-order chi connectivity index (χ1) is 10.1. The van der Waals surface area contributed by atoms with E-state index in [9.17, 15) is 9.18 Å². The van der Waals surface area contributed by atoms with Gasteiger partial charge in [0.25, 0.3) is 0 Å². The van der Waals surface area contributed by atoms with Crippen molar-refractivity contribution in [1.29, 1.82) is 0 Å². The molecule has 1 unspecified atom stereocenters. The smallest absolute Gasteiger partial charge is 0.235 e. The molecule has 0 saturated heterocycles. The molecule has 3 N–H and O–H groups in total. The number of nitrogens with one attached hydrogen (secondary N) is 1. The first-order valence-corrected chi connectivity index (χ1v) is 6.73. The number of anilines is 1. The third-order valence-corrected chi connectivity index (χ3v) is 3.21. The predicted octanol–water partition coefficient (Wildman–Crippen LogP) is 2.30. The number of thiocarbonyl (C=S) groups is 1. The Bertz CT molecular complexity index is 631. The van der Waals surface area contributed by atoms with Crippen LogP contribution < -0.4 is 11.1 Å². The topological polar surface area (TPSA) is 68.0 Å². The van der Waals surface area contributed by atoms with E-state index in [0.717, 1.165) is 11.8 Å². The van der Waals surface area contributed by atoms with Crippen LogP contribution in [0.1, 0.15) is 5.56 Å². The van der Waals surface area contributed by atoms with Crippen molar-refractivity contribution in [3.8, 4) is 0 Å². The molecule has 2 rings (SSSR count). The number of amides is 1. The molecule has 1 aromatic heterocycles. The van der Waals surface area contributed by atoms with Crippen molar-refractivity contribution >= 4 is 28.9 Å². The first-order valence-electron chi connectivity index (χ1n) is 6.32.